The first-order valence-corrected chi connectivity index (χ1v) is 8.15. The van der Waals surface area contributed by atoms with Crippen LogP contribution in [0, 0.1) is 0 Å². The Bertz CT molecular complexity index is 507. The third kappa shape index (κ3) is 6.83. The second kappa shape index (κ2) is 8.91. The highest BCUT2D eigenvalue weighted by Gasteiger charge is 2.13. The molecule has 1 aromatic carbocycles. The minimum atomic E-state index is -3.59. The minimum Gasteiger partial charge on any atom is -0.488 e. The zero-order chi connectivity index (χ0) is 15.7. The maximum absolute atomic E-state index is 12.0. The van der Waals surface area contributed by atoms with Gasteiger partial charge >= 0.3 is 0 Å². The Morgan fingerprint density at radius 3 is 2.38 bits per heavy atom. The van der Waals surface area contributed by atoms with Gasteiger partial charge in [0.15, 0.2) is 0 Å². The van der Waals surface area contributed by atoms with Gasteiger partial charge in [-0.3, -0.25) is 0 Å². The molecule has 21 heavy (non-hydrogen) atoms. The number of alkyl halides is 2. The predicted molar refractivity (Wildman–Crippen MR) is 76.3 cm³/mol. The molecular formula is C13H20F2N2O3S. The van der Waals surface area contributed by atoms with Crippen molar-refractivity contribution in [2.75, 3.05) is 26.2 Å². The van der Waals surface area contributed by atoms with Crippen molar-refractivity contribution in [1.82, 2.24) is 10.0 Å². The molecule has 0 radical (unpaired) electrons. The lowest BCUT2D eigenvalue weighted by molar-refractivity contribution is 0.0819. The van der Waals surface area contributed by atoms with Gasteiger partial charge in [0.05, 0.1) is 4.90 Å². The molecule has 0 unspecified atom stereocenters. The molecule has 0 saturated heterocycles. The van der Waals surface area contributed by atoms with E-state index in [4.69, 9.17) is 4.74 Å². The molecule has 1 aromatic rings. The van der Waals surface area contributed by atoms with Gasteiger partial charge < -0.3 is 10.1 Å². The molecule has 0 amide bonds. The van der Waals surface area contributed by atoms with Crippen LogP contribution in [0.15, 0.2) is 29.2 Å². The van der Waals surface area contributed by atoms with Crippen LogP contribution in [0.3, 0.4) is 0 Å². The number of nitrogens with one attached hydrogen (secondary N) is 2. The molecule has 2 N–H and O–H groups in total. The summed E-state index contributed by atoms with van der Waals surface area (Å²) in [7, 11) is -3.59. The van der Waals surface area contributed by atoms with Crippen LogP contribution in [0.2, 0.25) is 0 Å². The summed E-state index contributed by atoms with van der Waals surface area (Å²) >= 11 is 0. The largest absolute Gasteiger partial charge is 0.488 e. The van der Waals surface area contributed by atoms with Gasteiger partial charge in [-0.1, -0.05) is 6.92 Å². The second-order valence-electron chi connectivity index (χ2n) is 4.32. The van der Waals surface area contributed by atoms with Gasteiger partial charge in [-0.25, -0.2) is 21.9 Å². The van der Waals surface area contributed by atoms with Crippen molar-refractivity contribution in [2.24, 2.45) is 0 Å². The van der Waals surface area contributed by atoms with E-state index in [0.717, 1.165) is 13.0 Å². The van der Waals surface area contributed by atoms with Crippen molar-refractivity contribution in [2.45, 2.75) is 24.7 Å². The minimum absolute atomic E-state index is 0.0717. The van der Waals surface area contributed by atoms with E-state index in [1.54, 1.807) is 0 Å². The summed E-state index contributed by atoms with van der Waals surface area (Å²) in [6.07, 6.45) is -1.59. The molecule has 5 nitrogen and oxygen atoms in total. The predicted octanol–water partition coefficient (Wildman–Crippen LogP) is 1.61. The first kappa shape index (κ1) is 17.8. The topological polar surface area (TPSA) is 67.4 Å². The summed E-state index contributed by atoms with van der Waals surface area (Å²) in [4.78, 5) is 0.0717. The molecular weight excluding hydrogens is 302 g/mol. The fourth-order valence-corrected chi connectivity index (χ4v) is 2.56. The Labute approximate surface area is 123 Å². The fraction of sp³-hybridized carbons (Fsp3) is 0.538. The van der Waals surface area contributed by atoms with Crippen LogP contribution in [0.1, 0.15) is 13.3 Å². The van der Waals surface area contributed by atoms with E-state index in [0.29, 0.717) is 6.54 Å². The van der Waals surface area contributed by atoms with Gasteiger partial charge in [-0.15, -0.1) is 0 Å². The highest BCUT2D eigenvalue weighted by atomic mass is 32.2. The van der Waals surface area contributed by atoms with E-state index < -0.39 is 23.1 Å². The Kier molecular flexibility index (Phi) is 7.55. The Balaban J connectivity index is 2.51. The van der Waals surface area contributed by atoms with Crippen molar-refractivity contribution in [3.63, 3.8) is 0 Å². The monoisotopic (exact) mass is 322 g/mol. The van der Waals surface area contributed by atoms with Crippen LogP contribution < -0.4 is 14.8 Å². The lowest BCUT2D eigenvalue weighted by atomic mass is 10.3. The van der Waals surface area contributed by atoms with E-state index in [1.165, 1.54) is 24.3 Å². The van der Waals surface area contributed by atoms with Gasteiger partial charge in [-0.05, 0) is 37.2 Å². The molecule has 0 atom stereocenters. The Hall–Kier alpha value is -1.25. The summed E-state index contributed by atoms with van der Waals surface area (Å²) in [5.41, 5.74) is 0. The second-order valence-corrected chi connectivity index (χ2v) is 6.09. The maximum atomic E-state index is 12.0. The molecule has 0 bridgehead atoms. The molecule has 120 valence electrons. The number of benzene rings is 1. The summed E-state index contributed by atoms with van der Waals surface area (Å²) in [5.74, 6) is 0.207. The fourth-order valence-electron chi connectivity index (χ4n) is 1.53. The Morgan fingerprint density at radius 1 is 1.14 bits per heavy atom. The summed E-state index contributed by atoms with van der Waals surface area (Å²) in [6.45, 7) is 2.97. The molecule has 0 fully saturated rings. The van der Waals surface area contributed by atoms with Crippen molar-refractivity contribution in [3.05, 3.63) is 24.3 Å². The van der Waals surface area contributed by atoms with Gasteiger partial charge in [0.1, 0.15) is 12.4 Å². The molecule has 0 aliphatic rings. The average Bonchev–Trinajstić information content (AvgIpc) is 2.45. The van der Waals surface area contributed by atoms with Gasteiger partial charge in [-0.2, -0.15) is 0 Å². The number of hydrogen-bond donors (Lipinski definition) is 2. The van der Waals surface area contributed by atoms with Crippen LogP contribution >= 0.6 is 0 Å². The van der Waals surface area contributed by atoms with Crippen molar-refractivity contribution in [3.8, 4) is 5.75 Å². The van der Waals surface area contributed by atoms with Crippen LogP contribution in [0.25, 0.3) is 0 Å². The molecule has 0 saturated carbocycles. The smallest absolute Gasteiger partial charge is 0.272 e. The highest BCUT2D eigenvalue weighted by Crippen LogP contribution is 2.16. The van der Waals surface area contributed by atoms with E-state index in [9.17, 15) is 17.2 Å². The lowest BCUT2D eigenvalue weighted by Crippen LogP contribution is -2.32. The average molecular weight is 322 g/mol. The SMILES string of the molecule is CCCNCCNS(=O)(=O)c1ccc(OCC(F)F)cc1. The van der Waals surface area contributed by atoms with Crippen LogP contribution in [-0.2, 0) is 10.0 Å². The summed E-state index contributed by atoms with van der Waals surface area (Å²) in [5, 5.41) is 3.08. The van der Waals surface area contributed by atoms with E-state index >= 15 is 0 Å². The molecule has 8 heteroatoms. The maximum Gasteiger partial charge on any atom is 0.272 e. The third-order valence-electron chi connectivity index (χ3n) is 2.53. The molecule has 0 aromatic heterocycles. The van der Waals surface area contributed by atoms with Gasteiger partial charge in [0.2, 0.25) is 10.0 Å². The first-order chi connectivity index (χ1) is 9.95. The zero-order valence-electron chi connectivity index (χ0n) is 11.8. The van der Waals surface area contributed by atoms with Crippen LogP contribution in [0.5, 0.6) is 5.75 Å². The summed E-state index contributed by atoms with van der Waals surface area (Å²) < 4.78 is 55.1. The standard InChI is InChI=1S/C13H20F2N2O3S/c1-2-7-16-8-9-17-21(18,19)12-5-3-11(4-6-12)20-10-13(14)15/h3-6,13,16-17H,2,7-10H2,1H3. The zero-order valence-corrected chi connectivity index (χ0v) is 12.6. The Morgan fingerprint density at radius 2 is 1.81 bits per heavy atom. The van der Waals surface area contributed by atoms with Crippen LogP contribution in [0.4, 0.5) is 8.78 Å². The lowest BCUT2D eigenvalue weighted by Gasteiger charge is -2.09. The number of halogens is 2. The van der Waals surface area contributed by atoms with Crippen LogP contribution in [-0.4, -0.2) is 41.1 Å². The van der Waals surface area contributed by atoms with Gasteiger partial charge in [0.25, 0.3) is 6.43 Å². The van der Waals surface area contributed by atoms with Crippen molar-refractivity contribution >= 4 is 10.0 Å². The van der Waals surface area contributed by atoms with E-state index in [2.05, 4.69) is 10.0 Å². The van der Waals surface area contributed by atoms with E-state index in [-0.39, 0.29) is 17.2 Å². The molecule has 0 aliphatic heterocycles. The first-order valence-electron chi connectivity index (χ1n) is 6.67. The summed E-state index contributed by atoms with van der Waals surface area (Å²) in [6, 6.07) is 5.35. The quantitative estimate of drug-likeness (QED) is 0.642. The van der Waals surface area contributed by atoms with E-state index in [1.807, 2.05) is 6.92 Å². The molecule has 0 aliphatic carbocycles. The normalized spacial score (nSPS) is 11.8. The number of sulfonamides is 1. The number of hydrogen-bond acceptors (Lipinski definition) is 4. The van der Waals surface area contributed by atoms with Crippen molar-refractivity contribution in [1.29, 1.82) is 0 Å². The number of rotatable bonds is 10. The molecule has 0 heterocycles. The highest BCUT2D eigenvalue weighted by molar-refractivity contribution is 7.89. The number of ether oxygens (including phenoxy) is 1. The van der Waals surface area contributed by atoms with Gasteiger partial charge in [0, 0.05) is 13.1 Å². The molecule has 1 rings (SSSR count). The van der Waals surface area contributed by atoms with Crippen molar-refractivity contribution < 1.29 is 21.9 Å². The molecule has 0 spiro atoms. The third-order valence-corrected chi connectivity index (χ3v) is 4.01.